The molecule has 120 valence electrons. The highest BCUT2D eigenvalue weighted by atomic mass is 35.5. The molecule has 0 bridgehead atoms. The topological polar surface area (TPSA) is 49.4 Å². The van der Waals surface area contributed by atoms with Gasteiger partial charge >= 0.3 is 0 Å². The molecule has 1 atom stereocenters. The van der Waals surface area contributed by atoms with E-state index in [1.165, 1.54) is 23.5 Å². The Morgan fingerprint density at radius 3 is 2.52 bits per heavy atom. The fraction of sp³-hybridized carbons (Fsp3) is 0.571. The molecule has 0 amide bonds. The summed E-state index contributed by atoms with van der Waals surface area (Å²) in [5, 5.41) is 3.18. The summed E-state index contributed by atoms with van der Waals surface area (Å²) < 4.78 is 40.8. The molecule has 0 saturated heterocycles. The van der Waals surface area contributed by atoms with Gasteiger partial charge in [-0.25, -0.2) is 12.8 Å². The summed E-state index contributed by atoms with van der Waals surface area (Å²) in [5.41, 5.74) is 0.250. The van der Waals surface area contributed by atoms with E-state index < -0.39 is 15.8 Å². The summed E-state index contributed by atoms with van der Waals surface area (Å²) in [6.45, 7) is 6.43. The van der Waals surface area contributed by atoms with Crippen LogP contribution in [0.5, 0.6) is 0 Å². The summed E-state index contributed by atoms with van der Waals surface area (Å²) in [4.78, 5) is -0.370. The number of nitrogens with zero attached hydrogens (tertiary/aromatic N) is 1. The van der Waals surface area contributed by atoms with E-state index in [9.17, 15) is 12.8 Å². The standard InChI is InChI=1S/C14H22ClFN2O2S/c1-5-10(3)18(4)21(19,20)13-8-12(15)7-11(14(13)16)9-17-6-2/h7-8,10,17H,5-6,9H2,1-4H3. The second-order valence-electron chi connectivity index (χ2n) is 4.94. The van der Waals surface area contributed by atoms with E-state index in [2.05, 4.69) is 5.32 Å². The highest BCUT2D eigenvalue weighted by molar-refractivity contribution is 7.89. The predicted octanol–water partition coefficient (Wildman–Crippen LogP) is 3.01. The van der Waals surface area contributed by atoms with Crippen molar-refractivity contribution in [3.8, 4) is 0 Å². The first-order chi connectivity index (χ1) is 9.75. The molecule has 0 saturated carbocycles. The fourth-order valence-corrected chi connectivity index (χ4v) is 3.72. The van der Waals surface area contributed by atoms with E-state index in [4.69, 9.17) is 11.6 Å². The molecule has 0 heterocycles. The van der Waals surface area contributed by atoms with E-state index in [0.717, 1.165) is 0 Å². The van der Waals surface area contributed by atoms with Crippen molar-refractivity contribution in [1.29, 1.82) is 0 Å². The lowest BCUT2D eigenvalue weighted by Gasteiger charge is -2.24. The van der Waals surface area contributed by atoms with Gasteiger partial charge in [-0.2, -0.15) is 4.31 Å². The molecule has 0 aliphatic heterocycles. The SMILES string of the molecule is CCNCc1cc(Cl)cc(S(=O)(=O)N(C)C(C)CC)c1F. The van der Waals surface area contributed by atoms with Crippen LogP contribution in [-0.4, -0.2) is 32.4 Å². The molecule has 1 aromatic rings. The molecule has 1 rings (SSSR count). The van der Waals surface area contributed by atoms with Gasteiger partial charge in [-0.3, -0.25) is 0 Å². The van der Waals surface area contributed by atoms with Crippen LogP contribution in [0.3, 0.4) is 0 Å². The number of rotatable bonds is 7. The van der Waals surface area contributed by atoms with Gasteiger partial charge in [0.15, 0.2) is 0 Å². The molecule has 0 aliphatic rings. The van der Waals surface area contributed by atoms with Crippen molar-refractivity contribution in [3.63, 3.8) is 0 Å². The minimum Gasteiger partial charge on any atom is -0.313 e. The van der Waals surface area contributed by atoms with Crippen LogP contribution in [0.4, 0.5) is 4.39 Å². The zero-order chi connectivity index (χ0) is 16.2. The van der Waals surface area contributed by atoms with Gasteiger partial charge in [-0.15, -0.1) is 0 Å². The molecule has 1 N–H and O–H groups in total. The third kappa shape index (κ3) is 4.16. The Hall–Kier alpha value is -0.690. The molecule has 0 aliphatic carbocycles. The van der Waals surface area contributed by atoms with E-state index in [1.54, 1.807) is 6.92 Å². The lowest BCUT2D eigenvalue weighted by Crippen LogP contribution is -2.35. The third-order valence-corrected chi connectivity index (χ3v) is 5.70. The van der Waals surface area contributed by atoms with Gasteiger partial charge < -0.3 is 5.32 Å². The number of hydrogen-bond donors (Lipinski definition) is 1. The number of hydrogen-bond acceptors (Lipinski definition) is 3. The van der Waals surface area contributed by atoms with E-state index >= 15 is 0 Å². The quantitative estimate of drug-likeness (QED) is 0.832. The van der Waals surface area contributed by atoms with Crippen molar-refractivity contribution >= 4 is 21.6 Å². The molecular weight excluding hydrogens is 315 g/mol. The Bertz CT molecular complexity index is 593. The maximum absolute atomic E-state index is 14.5. The molecule has 0 radical (unpaired) electrons. The second-order valence-corrected chi connectivity index (χ2v) is 7.34. The molecule has 7 heteroatoms. The van der Waals surface area contributed by atoms with Crippen molar-refractivity contribution in [3.05, 3.63) is 28.5 Å². The van der Waals surface area contributed by atoms with E-state index in [1.807, 2.05) is 13.8 Å². The van der Waals surface area contributed by atoms with Crippen molar-refractivity contribution in [2.75, 3.05) is 13.6 Å². The van der Waals surface area contributed by atoms with Crippen LogP contribution in [0.2, 0.25) is 5.02 Å². The first kappa shape index (κ1) is 18.4. The van der Waals surface area contributed by atoms with E-state index in [0.29, 0.717) is 13.0 Å². The summed E-state index contributed by atoms with van der Waals surface area (Å²) in [6, 6.07) is 2.40. The van der Waals surface area contributed by atoms with Gasteiger partial charge in [0.1, 0.15) is 10.7 Å². The summed E-state index contributed by atoms with van der Waals surface area (Å²) in [5.74, 6) is -0.740. The lowest BCUT2D eigenvalue weighted by molar-refractivity contribution is 0.378. The van der Waals surface area contributed by atoms with Crippen molar-refractivity contribution < 1.29 is 12.8 Å². The van der Waals surface area contributed by atoms with E-state index in [-0.39, 0.29) is 28.1 Å². The summed E-state index contributed by atoms with van der Waals surface area (Å²) in [6.07, 6.45) is 0.641. The zero-order valence-electron chi connectivity index (χ0n) is 12.8. The largest absolute Gasteiger partial charge is 0.313 e. The average Bonchev–Trinajstić information content (AvgIpc) is 2.45. The molecular formula is C14H22ClFN2O2S. The lowest BCUT2D eigenvalue weighted by atomic mass is 10.2. The first-order valence-electron chi connectivity index (χ1n) is 6.92. The zero-order valence-corrected chi connectivity index (χ0v) is 14.4. The fourth-order valence-electron chi connectivity index (χ4n) is 1.84. The molecule has 1 unspecified atom stereocenters. The maximum atomic E-state index is 14.5. The Morgan fingerprint density at radius 1 is 1.38 bits per heavy atom. The summed E-state index contributed by atoms with van der Waals surface area (Å²) >= 11 is 5.95. The average molecular weight is 337 g/mol. The van der Waals surface area contributed by atoms with Crippen LogP contribution in [0, 0.1) is 5.82 Å². The van der Waals surface area contributed by atoms with Crippen molar-refractivity contribution in [2.24, 2.45) is 0 Å². The van der Waals surface area contributed by atoms with Gasteiger partial charge in [0.2, 0.25) is 10.0 Å². The van der Waals surface area contributed by atoms with Crippen molar-refractivity contribution in [1.82, 2.24) is 9.62 Å². The second kappa shape index (κ2) is 7.54. The van der Waals surface area contributed by atoms with Crippen molar-refractivity contribution in [2.45, 2.75) is 44.7 Å². The molecule has 0 spiro atoms. The van der Waals surface area contributed by atoms with Crippen LogP contribution in [-0.2, 0) is 16.6 Å². The normalized spacial score (nSPS) is 13.7. The van der Waals surface area contributed by atoms with Gasteiger partial charge in [0.05, 0.1) is 0 Å². The highest BCUT2D eigenvalue weighted by Crippen LogP contribution is 2.27. The minimum absolute atomic E-state index is 0.209. The Balaban J connectivity index is 3.32. The highest BCUT2D eigenvalue weighted by Gasteiger charge is 2.29. The Morgan fingerprint density at radius 2 is 2.00 bits per heavy atom. The molecule has 21 heavy (non-hydrogen) atoms. The van der Waals surface area contributed by atoms with Gasteiger partial charge in [0.25, 0.3) is 0 Å². The number of halogens is 2. The van der Waals surface area contributed by atoms with Gasteiger partial charge in [-0.1, -0.05) is 25.4 Å². The molecule has 4 nitrogen and oxygen atoms in total. The molecule has 0 aromatic heterocycles. The van der Waals surface area contributed by atoms with Crippen LogP contribution in [0.25, 0.3) is 0 Å². The van der Waals surface area contributed by atoms with Gasteiger partial charge in [0, 0.05) is 30.2 Å². The first-order valence-corrected chi connectivity index (χ1v) is 8.74. The predicted molar refractivity (Wildman–Crippen MR) is 83.5 cm³/mol. The maximum Gasteiger partial charge on any atom is 0.246 e. The number of nitrogens with one attached hydrogen (secondary N) is 1. The number of sulfonamides is 1. The van der Waals surface area contributed by atoms with Crippen LogP contribution in [0.1, 0.15) is 32.8 Å². The molecule has 1 aromatic carbocycles. The van der Waals surface area contributed by atoms with Crippen LogP contribution in [0.15, 0.2) is 17.0 Å². The monoisotopic (exact) mass is 336 g/mol. The number of benzene rings is 1. The third-order valence-electron chi connectivity index (χ3n) is 3.51. The smallest absolute Gasteiger partial charge is 0.246 e. The Kier molecular flexibility index (Phi) is 6.59. The molecule has 0 fully saturated rings. The van der Waals surface area contributed by atoms with Crippen LogP contribution < -0.4 is 5.32 Å². The Labute approximate surface area is 131 Å². The summed E-state index contributed by atoms with van der Waals surface area (Å²) in [7, 11) is -2.45. The minimum atomic E-state index is -3.90. The van der Waals surface area contributed by atoms with Gasteiger partial charge in [-0.05, 0) is 32.0 Å². The van der Waals surface area contributed by atoms with Crippen LogP contribution >= 0.6 is 11.6 Å².